The van der Waals surface area contributed by atoms with Gasteiger partial charge in [-0.3, -0.25) is 19.7 Å². The lowest BCUT2D eigenvalue weighted by Crippen LogP contribution is -2.38. The number of hydrogen-bond acceptors (Lipinski definition) is 7. The molecule has 0 unspecified atom stereocenters. The van der Waals surface area contributed by atoms with Crippen molar-refractivity contribution in [2.75, 3.05) is 13.6 Å². The summed E-state index contributed by atoms with van der Waals surface area (Å²) in [7, 11) is 2.15. The molecule has 0 spiro atoms. The Morgan fingerprint density at radius 1 is 0.774 bits per heavy atom. The first kappa shape index (κ1) is 37.8. The van der Waals surface area contributed by atoms with E-state index in [2.05, 4.69) is 90.9 Å². The van der Waals surface area contributed by atoms with E-state index in [0.29, 0.717) is 38.8 Å². The molecule has 9 nitrogen and oxygen atoms in total. The van der Waals surface area contributed by atoms with Gasteiger partial charge in [0.05, 0.1) is 18.8 Å². The summed E-state index contributed by atoms with van der Waals surface area (Å²) in [6.45, 7) is 3.33. The predicted octanol–water partition coefficient (Wildman–Crippen LogP) is 7.92. The van der Waals surface area contributed by atoms with Crippen LogP contribution in [0.3, 0.4) is 0 Å². The van der Waals surface area contributed by atoms with Crippen LogP contribution in [0.5, 0.6) is 0 Å². The van der Waals surface area contributed by atoms with Gasteiger partial charge in [0, 0.05) is 44.0 Å². The van der Waals surface area contributed by atoms with Crippen molar-refractivity contribution in [1.82, 2.24) is 15.7 Å². The smallest absolute Gasteiger partial charge is 0.243 e. The second-order valence-electron chi connectivity index (χ2n) is 13.9. The quantitative estimate of drug-likeness (QED) is 0.0494. The molecule has 276 valence electrons. The maximum atomic E-state index is 12.4. The molecule has 1 heterocycles. The first-order valence-corrected chi connectivity index (χ1v) is 18.4. The van der Waals surface area contributed by atoms with E-state index in [4.69, 9.17) is 14.7 Å². The Balaban J connectivity index is 1.16. The lowest BCUT2D eigenvalue weighted by Gasteiger charge is -2.39. The van der Waals surface area contributed by atoms with Crippen molar-refractivity contribution in [3.05, 3.63) is 143 Å². The summed E-state index contributed by atoms with van der Waals surface area (Å²) < 4.78 is 13.4. The van der Waals surface area contributed by atoms with Crippen LogP contribution in [0, 0.1) is 0 Å². The molecule has 1 fully saturated rings. The van der Waals surface area contributed by atoms with E-state index in [0.717, 1.165) is 33.4 Å². The fourth-order valence-corrected chi connectivity index (χ4v) is 6.88. The third-order valence-electron chi connectivity index (χ3n) is 10.1. The molecule has 1 saturated heterocycles. The molecule has 1 aliphatic rings. The molecular formula is C44H49N3O6. The SMILES string of the molecule is C[C@H](c1ccc2ccccc2c1)N(C)C[C@@H]1C[C@H](c2ccc(CO)cc2)O[C@H](c2cccc(-c3cccc(CNC(=O)CCCCC(=O)NO)c3)c2)O1. The van der Waals surface area contributed by atoms with E-state index in [1.54, 1.807) is 5.48 Å². The topological polar surface area (TPSA) is 120 Å². The van der Waals surface area contributed by atoms with Crippen LogP contribution in [-0.4, -0.2) is 46.7 Å². The number of hydrogen-bond donors (Lipinski definition) is 4. The highest BCUT2D eigenvalue weighted by molar-refractivity contribution is 5.83. The van der Waals surface area contributed by atoms with Crippen LogP contribution < -0.4 is 10.8 Å². The number of amides is 2. The second kappa shape index (κ2) is 18.2. The lowest BCUT2D eigenvalue weighted by molar-refractivity contribution is -0.253. The highest BCUT2D eigenvalue weighted by Gasteiger charge is 2.33. The van der Waals surface area contributed by atoms with Crippen molar-refractivity contribution < 1.29 is 29.4 Å². The molecular weight excluding hydrogens is 666 g/mol. The Bertz CT molecular complexity index is 1980. The molecule has 4 atom stereocenters. The van der Waals surface area contributed by atoms with Crippen LogP contribution >= 0.6 is 0 Å². The zero-order valence-electron chi connectivity index (χ0n) is 30.4. The van der Waals surface area contributed by atoms with Crippen LogP contribution in [0.25, 0.3) is 21.9 Å². The fraction of sp³-hybridized carbons (Fsp3) is 0.318. The fourth-order valence-electron chi connectivity index (χ4n) is 6.88. The number of rotatable bonds is 15. The van der Waals surface area contributed by atoms with Crippen molar-refractivity contribution in [2.45, 2.75) is 76.7 Å². The largest absolute Gasteiger partial charge is 0.392 e. The van der Waals surface area contributed by atoms with Crippen molar-refractivity contribution in [3.8, 4) is 11.1 Å². The second-order valence-corrected chi connectivity index (χ2v) is 13.9. The van der Waals surface area contributed by atoms with Crippen molar-refractivity contribution >= 4 is 22.6 Å². The number of nitrogens with zero attached hydrogens (tertiary/aromatic N) is 1. The molecule has 0 bridgehead atoms. The molecule has 0 aliphatic carbocycles. The van der Waals surface area contributed by atoms with Gasteiger partial charge in [-0.05, 0) is 89.2 Å². The van der Waals surface area contributed by atoms with Gasteiger partial charge in [-0.1, -0.05) is 97.1 Å². The first-order valence-electron chi connectivity index (χ1n) is 18.4. The monoisotopic (exact) mass is 715 g/mol. The van der Waals surface area contributed by atoms with Crippen LogP contribution in [0.15, 0.2) is 115 Å². The number of aliphatic hydroxyl groups excluding tert-OH is 1. The Morgan fingerprint density at radius 3 is 2.25 bits per heavy atom. The van der Waals surface area contributed by atoms with Gasteiger partial charge in [0.15, 0.2) is 6.29 Å². The summed E-state index contributed by atoms with van der Waals surface area (Å²) in [6, 6.07) is 39.6. The minimum atomic E-state index is -0.591. The molecule has 2 amide bonds. The van der Waals surface area contributed by atoms with Gasteiger partial charge >= 0.3 is 0 Å². The Morgan fingerprint density at radius 2 is 1.49 bits per heavy atom. The van der Waals surface area contributed by atoms with Crippen molar-refractivity contribution in [1.29, 1.82) is 0 Å². The number of nitrogens with one attached hydrogen (secondary N) is 2. The average molecular weight is 716 g/mol. The summed E-state index contributed by atoms with van der Waals surface area (Å²) >= 11 is 0. The highest BCUT2D eigenvalue weighted by atomic mass is 16.7. The van der Waals surface area contributed by atoms with E-state index < -0.39 is 12.2 Å². The van der Waals surface area contributed by atoms with Crippen molar-refractivity contribution in [3.63, 3.8) is 0 Å². The minimum absolute atomic E-state index is 0.00856. The van der Waals surface area contributed by atoms with Crippen LogP contribution in [0.1, 0.15) is 85.3 Å². The number of ether oxygens (including phenoxy) is 2. The number of benzene rings is 5. The van der Waals surface area contributed by atoms with Gasteiger partial charge in [-0.15, -0.1) is 0 Å². The normalized spacial score (nSPS) is 17.8. The third kappa shape index (κ3) is 10.2. The number of hydroxylamine groups is 1. The molecule has 0 saturated carbocycles. The number of likely N-dealkylation sites (N-methyl/N-ethyl adjacent to an activating group) is 1. The van der Waals surface area contributed by atoms with E-state index in [9.17, 15) is 14.7 Å². The molecule has 53 heavy (non-hydrogen) atoms. The first-order chi connectivity index (χ1) is 25.8. The standard InChI is InChI=1S/C44H49N3O6/c1-30(35-22-21-33-10-3-4-11-37(33)24-35)47(2)28-40-26-41(34-19-17-31(29-48)18-20-34)53-44(52-40)39-14-8-13-38(25-39)36-12-7-9-32(23-36)27-45-42(49)15-5-6-16-43(50)46-51/h3-4,7-14,17-25,30,40-41,44,48,51H,5-6,15-16,26-29H2,1-2H3,(H,45,49)(H,46,50)/t30-,40+,41-,44-/m1/s1. The maximum absolute atomic E-state index is 12.4. The summed E-state index contributed by atoms with van der Waals surface area (Å²) in [5.41, 5.74) is 8.69. The van der Waals surface area contributed by atoms with Gasteiger partial charge < -0.3 is 19.9 Å². The van der Waals surface area contributed by atoms with E-state index >= 15 is 0 Å². The molecule has 1 aliphatic heterocycles. The Kier molecular flexibility index (Phi) is 13.0. The van der Waals surface area contributed by atoms with Gasteiger partial charge in [0.25, 0.3) is 0 Å². The van der Waals surface area contributed by atoms with Gasteiger partial charge in [0.2, 0.25) is 11.8 Å². The number of carbonyl (C=O) groups is 2. The number of unbranched alkanes of at least 4 members (excludes halogenated alkanes) is 1. The lowest BCUT2D eigenvalue weighted by atomic mass is 9.97. The molecule has 4 N–H and O–H groups in total. The summed E-state index contributed by atoms with van der Waals surface area (Å²) in [5.74, 6) is -0.531. The van der Waals surface area contributed by atoms with Gasteiger partial charge in [-0.2, -0.15) is 0 Å². The van der Waals surface area contributed by atoms with Crippen LogP contribution in [0.4, 0.5) is 0 Å². The molecule has 6 rings (SSSR count). The van der Waals surface area contributed by atoms with Crippen molar-refractivity contribution in [2.24, 2.45) is 0 Å². The molecule has 5 aromatic rings. The summed E-state index contributed by atoms with van der Waals surface area (Å²) in [6.07, 6.45) is 1.38. The zero-order chi connectivity index (χ0) is 37.2. The molecule has 9 heteroatoms. The highest BCUT2D eigenvalue weighted by Crippen LogP contribution is 2.39. The molecule has 0 aromatic heterocycles. The van der Waals surface area contributed by atoms with Gasteiger partial charge in [-0.25, -0.2) is 5.48 Å². The third-order valence-corrected chi connectivity index (χ3v) is 10.1. The average Bonchev–Trinajstić information content (AvgIpc) is 3.21. The summed E-state index contributed by atoms with van der Waals surface area (Å²) in [5, 5.41) is 23.7. The van der Waals surface area contributed by atoms with Crippen LogP contribution in [-0.2, 0) is 32.2 Å². The van der Waals surface area contributed by atoms with E-state index in [-0.39, 0.29) is 37.2 Å². The zero-order valence-corrected chi connectivity index (χ0v) is 30.4. The number of fused-ring (bicyclic) bond motifs is 1. The number of aliphatic hydroxyl groups is 1. The Labute approximate surface area is 311 Å². The van der Waals surface area contributed by atoms with Gasteiger partial charge in [0.1, 0.15) is 0 Å². The van der Waals surface area contributed by atoms with Crippen LogP contribution in [0.2, 0.25) is 0 Å². The molecule has 5 aromatic carbocycles. The minimum Gasteiger partial charge on any atom is -0.392 e. The molecule has 0 radical (unpaired) electrons. The number of carbonyl (C=O) groups excluding carboxylic acids is 2. The Hall–Kier alpha value is -4.90. The predicted molar refractivity (Wildman–Crippen MR) is 206 cm³/mol. The summed E-state index contributed by atoms with van der Waals surface area (Å²) in [4.78, 5) is 25.9. The maximum Gasteiger partial charge on any atom is 0.243 e. The van der Waals surface area contributed by atoms with E-state index in [1.165, 1.54) is 16.3 Å². The van der Waals surface area contributed by atoms with E-state index in [1.807, 2.05) is 48.5 Å².